The maximum atomic E-state index is 11.2. The standard InChI is InChI=1S/C15H10N4O2/c16-14(20)8-1-2-13-11(5-8)19-15(21-13)12-6-10-9(7-18-12)3-4-17-10/h1-7,17H,(H2,16,20). The lowest BCUT2D eigenvalue weighted by atomic mass is 10.2. The van der Waals surface area contributed by atoms with Crippen molar-refractivity contribution in [3.05, 3.63) is 48.3 Å². The predicted molar refractivity (Wildman–Crippen MR) is 77.6 cm³/mol. The molecule has 4 aromatic rings. The molecule has 0 fully saturated rings. The lowest BCUT2D eigenvalue weighted by Crippen LogP contribution is -2.10. The molecule has 0 spiro atoms. The van der Waals surface area contributed by atoms with Gasteiger partial charge in [0.05, 0.1) is 0 Å². The largest absolute Gasteiger partial charge is 0.435 e. The smallest absolute Gasteiger partial charge is 0.248 e. The first-order valence-electron chi connectivity index (χ1n) is 6.34. The number of H-pyrrole nitrogens is 1. The van der Waals surface area contributed by atoms with E-state index in [1.807, 2.05) is 18.3 Å². The Hall–Kier alpha value is -3.15. The highest BCUT2D eigenvalue weighted by atomic mass is 16.3. The minimum atomic E-state index is -0.493. The van der Waals surface area contributed by atoms with E-state index in [1.165, 1.54) is 0 Å². The highest BCUT2D eigenvalue weighted by molar-refractivity contribution is 5.96. The zero-order chi connectivity index (χ0) is 14.4. The monoisotopic (exact) mass is 278 g/mol. The second-order valence-electron chi connectivity index (χ2n) is 4.70. The third-order valence-electron chi connectivity index (χ3n) is 3.33. The summed E-state index contributed by atoms with van der Waals surface area (Å²) in [5.74, 6) is -0.0875. The Morgan fingerprint density at radius 3 is 3.00 bits per heavy atom. The number of oxazole rings is 1. The number of amides is 1. The van der Waals surface area contributed by atoms with Crippen molar-refractivity contribution in [2.75, 3.05) is 0 Å². The number of carbonyl (C=O) groups is 1. The van der Waals surface area contributed by atoms with Gasteiger partial charge in [0.1, 0.15) is 11.2 Å². The van der Waals surface area contributed by atoms with Crippen molar-refractivity contribution >= 4 is 27.9 Å². The molecule has 3 N–H and O–H groups in total. The number of nitrogens with two attached hydrogens (primary N) is 1. The first kappa shape index (κ1) is 11.7. The fourth-order valence-corrected chi connectivity index (χ4v) is 2.25. The van der Waals surface area contributed by atoms with Crippen molar-refractivity contribution < 1.29 is 9.21 Å². The molecular formula is C15H10N4O2. The van der Waals surface area contributed by atoms with Crippen LogP contribution >= 0.6 is 0 Å². The summed E-state index contributed by atoms with van der Waals surface area (Å²) in [6.07, 6.45) is 3.60. The first-order valence-corrected chi connectivity index (χ1v) is 6.34. The van der Waals surface area contributed by atoms with Crippen molar-refractivity contribution in [1.82, 2.24) is 15.0 Å². The van der Waals surface area contributed by atoms with Gasteiger partial charge in [-0.2, -0.15) is 0 Å². The molecule has 0 saturated heterocycles. The average molecular weight is 278 g/mol. The molecule has 0 aliphatic heterocycles. The predicted octanol–water partition coefficient (Wildman–Crippen LogP) is 2.47. The van der Waals surface area contributed by atoms with Crippen LogP contribution in [0, 0.1) is 0 Å². The number of carbonyl (C=O) groups excluding carboxylic acids is 1. The van der Waals surface area contributed by atoms with Crippen LogP contribution in [0.2, 0.25) is 0 Å². The topological polar surface area (TPSA) is 97.8 Å². The summed E-state index contributed by atoms with van der Waals surface area (Å²) >= 11 is 0. The highest BCUT2D eigenvalue weighted by Crippen LogP contribution is 2.25. The van der Waals surface area contributed by atoms with Crippen molar-refractivity contribution in [2.45, 2.75) is 0 Å². The Morgan fingerprint density at radius 2 is 2.14 bits per heavy atom. The summed E-state index contributed by atoms with van der Waals surface area (Å²) in [6, 6.07) is 8.71. The van der Waals surface area contributed by atoms with Gasteiger partial charge < -0.3 is 15.1 Å². The number of primary amides is 1. The quantitative estimate of drug-likeness (QED) is 0.588. The number of benzene rings is 1. The third-order valence-corrected chi connectivity index (χ3v) is 3.33. The van der Waals surface area contributed by atoms with Crippen LogP contribution in [0.25, 0.3) is 33.6 Å². The zero-order valence-corrected chi connectivity index (χ0v) is 10.8. The van der Waals surface area contributed by atoms with Gasteiger partial charge in [0.25, 0.3) is 0 Å². The molecule has 3 aromatic heterocycles. The van der Waals surface area contributed by atoms with E-state index in [2.05, 4.69) is 15.0 Å². The van der Waals surface area contributed by atoms with Gasteiger partial charge in [0.2, 0.25) is 11.8 Å². The number of pyridine rings is 1. The lowest BCUT2D eigenvalue weighted by molar-refractivity contribution is 0.100. The summed E-state index contributed by atoms with van der Waals surface area (Å²) in [5, 5.41) is 1.02. The lowest BCUT2D eigenvalue weighted by Gasteiger charge is -1.94. The molecule has 6 heteroatoms. The van der Waals surface area contributed by atoms with E-state index in [4.69, 9.17) is 10.2 Å². The molecule has 21 heavy (non-hydrogen) atoms. The van der Waals surface area contributed by atoms with E-state index in [-0.39, 0.29) is 0 Å². The molecule has 0 aliphatic rings. The van der Waals surface area contributed by atoms with E-state index in [0.29, 0.717) is 28.2 Å². The molecule has 6 nitrogen and oxygen atoms in total. The average Bonchev–Trinajstić information content (AvgIpc) is 3.11. The number of hydrogen-bond acceptors (Lipinski definition) is 4. The molecule has 0 bridgehead atoms. The van der Waals surface area contributed by atoms with Crippen molar-refractivity contribution in [2.24, 2.45) is 5.73 Å². The Kier molecular flexibility index (Phi) is 2.32. The molecule has 4 rings (SSSR count). The van der Waals surface area contributed by atoms with Crippen LogP contribution in [0.5, 0.6) is 0 Å². The van der Waals surface area contributed by atoms with Crippen molar-refractivity contribution in [1.29, 1.82) is 0 Å². The van der Waals surface area contributed by atoms with Crippen LogP contribution in [-0.4, -0.2) is 20.9 Å². The van der Waals surface area contributed by atoms with E-state index in [9.17, 15) is 4.79 Å². The third kappa shape index (κ3) is 1.85. The summed E-state index contributed by atoms with van der Waals surface area (Å²) in [4.78, 5) is 23.0. The molecule has 1 amide bonds. The molecular weight excluding hydrogens is 268 g/mol. The van der Waals surface area contributed by atoms with Crippen LogP contribution < -0.4 is 5.73 Å². The minimum Gasteiger partial charge on any atom is -0.435 e. The number of aromatic nitrogens is 3. The summed E-state index contributed by atoms with van der Waals surface area (Å²) in [5.41, 5.74) is 8.41. The molecule has 0 saturated carbocycles. The van der Waals surface area contributed by atoms with Gasteiger partial charge in [-0.3, -0.25) is 9.78 Å². The SMILES string of the molecule is NC(=O)c1ccc2oc(-c3cc4[nH]ccc4cn3)nc2c1. The Labute approximate surface area is 118 Å². The minimum absolute atomic E-state index is 0.398. The molecule has 0 aliphatic carbocycles. The van der Waals surface area contributed by atoms with Crippen LogP contribution in [0.3, 0.4) is 0 Å². The van der Waals surface area contributed by atoms with Crippen LogP contribution in [0.1, 0.15) is 10.4 Å². The van der Waals surface area contributed by atoms with Gasteiger partial charge in [0.15, 0.2) is 5.58 Å². The van der Waals surface area contributed by atoms with Gasteiger partial charge >= 0.3 is 0 Å². The van der Waals surface area contributed by atoms with E-state index in [0.717, 1.165) is 10.9 Å². The highest BCUT2D eigenvalue weighted by Gasteiger charge is 2.12. The maximum absolute atomic E-state index is 11.2. The fraction of sp³-hybridized carbons (Fsp3) is 0. The summed E-state index contributed by atoms with van der Waals surface area (Å²) < 4.78 is 5.67. The molecule has 0 atom stereocenters. The molecule has 0 radical (unpaired) electrons. The van der Waals surface area contributed by atoms with E-state index >= 15 is 0 Å². The Balaban J connectivity index is 1.87. The molecule has 3 heterocycles. The second kappa shape index (κ2) is 4.17. The van der Waals surface area contributed by atoms with E-state index in [1.54, 1.807) is 24.4 Å². The van der Waals surface area contributed by atoms with Gasteiger partial charge in [-0.25, -0.2) is 4.98 Å². The van der Waals surface area contributed by atoms with Crippen molar-refractivity contribution in [3.63, 3.8) is 0 Å². The van der Waals surface area contributed by atoms with E-state index < -0.39 is 5.91 Å². The summed E-state index contributed by atoms with van der Waals surface area (Å²) in [7, 11) is 0. The zero-order valence-electron chi connectivity index (χ0n) is 10.8. The fourth-order valence-electron chi connectivity index (χ4n) is 2.25. The number of aromatic amines is 1. The second-order valence-corrected chi connectivity index (χ2v) is 4.70. The summed E-state index contributed by atoms with van der Waals surface area (Å²) in [6.45, 7) is 0. The molecule has 1 aromatic carbocycles. The molecule has 0 unspecified atom stereocenters. The molecule has 102 valence electrons. The number of hydrogen-bond donors (Lipinski definition) is 2. The maximum Gasteiger partial charge on any atom is 0.248 e. The van der Waals surface area contributed by atoms with Gasteiger partial charge in [-0.1, -0.05) is 0 Å². The van der Waals surface area contributed by atoms with Crippen LogP contribution in [0.15, 0.2) is 47.1 Å². The van der Waals surface area contributed by atoms with Crippen LogP contribution in [0.4, 0.5) is 0 Å². The Morgan fingerprint density at radius 1 is 1.24 bits per heavy atom. The Bertz CT molecular complexity index is 984. The normalized spacial score (nSPS) is 11.2. The van der Waals surface area contributed by atoms with Gasteiger partial charge in [-0.15, -0.1) is 0 Å². The van der Waals surface area contributed by atoms with Crippen molar-refractivity contribution in [3.8, 4) is 11.6 Å². The number of nitrogens with zero attached hydrogens (tertiary/aromatic N) is 2. The van der Waals surface area contributed by atoms with Gasteiger partial charge in [0, 0.05) is 28.9 Å². The van der Waals surface area contributed by atoms with Gasteiger partial charge in [-0.05, 0) is 30.3 Å². The first-order chi connectivity index (χ1) is 10.2. The number of fused-ring (bicyclic) bond motifs is 2. The number of nitrogens with one attached hydrogen (secondary N) is 1. The number of rotatable bonds is 2. The van der Waals surface area contributed by atoms with Crippen LogP contribution in [-0.2, 0) is 0 Å².